The molecule has 1 fully saturated rings. The first-order valence-corrected chi connectivity index (χ1v) is 8.20. The van der Waals surface area contributed by atoms with Crippen LogP contribution in [0, 0.1) is 11.8 Å². The predicted octanol–water partition coefficient (Wildman–Crippen LogP) is 0.574. The van der Waals surface area contributed by atoms with Gasteiger partial charge in [-0.1, -0.05) is 6.92 Å². The van der Waals surface area contributed by atoms with E-state index in [0.717, 1.165) is 52.1 Å². The molecule has 1 N–H and O–H groups in total. The molecule has 1 heterocycles. The average molecular weight is 298 g/mol. The van der Waals surface area contributed by atoms with Gasteiger partial charge in [-0.05, 0) is 66.6 Å². The van der Waals surface area contributed by atoms with Crippen molar-refractivity contribution in [3.05, 3.63) is 0 Å². The maximum absolute atomic E-state index is 12.8. The lowest BCUT2D eigenvalue weighted by molar-refractivity contribution is -0.136. The summed E-state index contributed by atoms with van der Waals surface area (Å²) in [7, 11) is 8.34. The van der Waals surface area contributed by atoms with Crippen molar-refractivity contribution in [3.63, 3.8) is 0 Å². The Morgan fingerprint density at radius 3 is 1.86 bits per heavy atom. The summed E-state index contributed by atoms with van der Waals surface area (Å²) in [5.74, 6) is 0.983. The minimum absolute atomic E-state index is 0.170. The summed E-state index contributed by atoms with van der Waals surface area (Å²) in [6.45, 7) is 7.84. The number of carbonyl (C=O) groups is 1. The number of amides is 1. The van der Waals surface area contributed by atoms with Crippen molar-refractivity contribution >= 4 is 5.91 Å². The number of rotatable bonds is 9. The van der Waals surface area contributed by atoms with Gasteiger partial charge in [0, 0.05) is 19.6 Å². The molecule has 1 amide bonds. The molecule has 124 valence electrons. The summed E-state index contributed by atoms with van der Waals surface area (Å²) in [5.41, 5.74) is 0. The normalized spacial score (nSPS) is 22.2. The average Bonchev–Trinajstić information content (AvgIpc) is 2.81. The first kappa shape index (κ1) is 18.4. The van der Waals surface area contributed by atoms with Crippen molar-refractivity contribution in [1.29, 1.82) is 0 Å². The Kier molecular flexibility index (Phi) is 8.22. The number of hydrogen-bond donors (Lipinski definition) is 1. The molecule has 2 atom stereocenters. The SMILES string of the molecule is C[C@@H]1CNC[C@H]1C(=O)N(CCCN(C)C)CCCN(C)C. The van der Waals surface area contributed by atoms with Crippen LogP contribution >= 0.6 is 0 Å². The van der Waals surface area contributed by atoms with Crippen molar-refractivity contribution in [3.8, 4) is 0 Å². The number of nitrogens with zero attached hydrogens (tertiary/aromatic N) is 3. The smallest absolute Gasteiger partial charge is 0.227 e. The standard InChI is InChI=1S/C16H34N4O/c1-14-12-17-13-15(14)16(21)20(10-6-8-18(2)3)11-7-9-19(4)5/h14-15,17H,6-13H2,1-5H3/t14-,15-/m1/s1. The minimum Gasteiger partial charge on any atom is -0.342 e. The Balaban J connectivity index is 2.50. The van der Waals surface area contributed by atoms with E-state index in [1.807, 2.05) is 0 Å². The second kappa shape index (κ2) is 9.38. The number of carbonyl (C=O) groups excluding carboxylic acids is 1. The summed E-state index contributed by atoms with van der Waals surface area (Å²) < 4.78 is 0. The third-order valence-corrected chi connectivity index (χ3v) is 4.21. The van der Waals surface area contributed by atoms with Crippen LogP contribution in [0.1, 0.15) is 19.8 Å². The van der Waals surface area contributed by atoms with Crippen LogP contribution in [-0.2, 0) is 4.79 Å². The summed E-state index contributed by atoms with van der Waals surface area (Å²) in [6, 6.07) is 0. The molecule has 1 rings (SSSR count). The molecule has 5 heteroatoms. The lowest BCUT2D eigenvalue weighted by Gasteiger charge is -2.28. The van der Waals surface area contributed by atoms with E-state index in [4.69, 9.17) is 0 Å². The van der Waals surface area contributed by atoms with Gasteiger partial charge in [-0.3, -0.25) is 4.79 Å². The molecule has 0 aromatic carbocycles. The highest BCUT2D eigenvalue weighted by Crippen LogP contribution is 2.19. The topological polar surface area (TPSA) is 38.8 Å². The first-order valence-electron chi connectivity index (χ1n) is 8.20. The van der Waals surface area contributed by atoms with Crippen molar-refractivity contribution in [1.82, 2.24) is 20.0 Å². The van der Waals surface area contributed by atoms with E-state index in [2.05, 4.69) is 55.1 Å². The maximum Gasteiger partial charge on any atom is 0.227 e. The lowest BCUT2D eigenvalue weighted by atomic mass is 9.96. The number of nitrogens with one attached hydrogen (secondary N) is 1. The second-order valence-electron chi connectivity index (χ2n) is 6.88. The molecule has 0 unspecified atom stereocenters. The van der Waals surface area contributed by atoms with E-state index in [0.29, 0.717) is 11.8 Å². The molecule has 0 radical (unpaired) electrons. The Morgan fingerprint density at radius 1 is 0.952 bits per heavy atom. The van der Waals surface area contributed by atoms with Gasteiger partial charge in [-0.25, -0.2) is 0 Å². The molecule has 0 aromatic heterocycles. The number of hydrogen-bond acceptors (Lipinski definition) is 4. The van der Waals surface area contributed by atoms with E-state index in [9.17, 15) is 4.79 Å². The van der Waals surface area contributed by atoms with Gasteiger partial charge in [0.2, 0.25) is 5.91 Å². The maximum atomic E-state index is 12.8. The van der Waals surface area contributed by atoms with E-state index < -0.39 is 0 Å². The highest BCUT2D eigenvalue weighted by Gasteiger charge is 2.32. The molecule has 0 aliphatic carbocycles. The van der Waals surface area contributed by atoms with Gasteiger partial charge >= 0.3 is 0 Å². The monoisotopic (exact) mass is 298 g/mol. The van der Waals surface area contributed by atoms with Gasteiger partial charge < -0.3 is 20.0 Å². The Labute approximate surface area is 130 Å². The van der Waals surface area contributed by atoms with E-state index >= 15 is 0 Å². The highest BCUT2D eigenvalue weighted by atomic mass is 16.2. The Morgan fingerprint density at radius 2 is 1.48 bits per heavy atom. The van der Waals surface area contributed by atoms with Gasteiger partial charge in [0.15, 0.2) is 0 Å². The van der Waals surface area contributed by atoms with Crippen molar-refractivity contribution < 1.29 is 4.79 Å². The summed E-state index contributed by atoms with van der Waals surface area (Å²) in [4.78, 5) is 19.2. The van der Waals surface area contributed by atoms with E-state index in [-0.39, 0.29) is 5.92 Å². The van der Waals surface area contributed by atoms with Crippen LogP contribution in [0.25, 0.3) is 0 Å². The van der Waals surface area contributed by atoms with Gasteiger partial charge in [0.1, 0.15) is 0 Å². The molecule has 1 aliphatic heterocycles. The predicted molar refractivity (Wildman–Crippen MR) is 88.4 cm³/mol. The fraction of sp³-hybridized carbons (Fsp3) is 0.938. The van der Waals surface area contributed by atoms with Crippen LogP contribution in [0.3, 0.4) is 0 Å². The molecule has 0 spiro atoms. The minimum atomic E-state index is 0.170. The van der Waals surface area contributed by atoms with Gasteiger partial charge in [-0.15, -0.1) is 0 Å². The van der Waals surface area contributed by atoms with Gasteiger partial charge in [0.25, 0.3) is 0 Å². The Bertz CT molecular complexity index is 293. The summed E-state index contributed by atoms with van der Waals surface area (Å²) in [5, 5.41) is 3.34. The van der Waals surface area contributed by atoms with E-state index in [1.165, 1.54) is 0 Å². The molecule has 1 aliphatic rings. The fourth-order valence-electron chi connectivity index (χ4n) is 2.86. The third-order valence-electron chi connectivity index (χ3n) is 4.21. The van der Waals surface area contributed by atoms with Crippen molar-refractivity contribution in [2.75, 3.05) is 67.5 Å². The zero-order valence-corrected chi connectivity index (χ0v) is 14.6. The van der Waals surface area contributed by atoms with Crippen LogP contribution in [0.15, 0.2) is 0 Å². The molecular weight excluding hydrogens is 264 g/mol. The molecule has 0 saturated carbocycles. The van der Waals surface area contributed by atoms with Crippen LogP contribution in [-0.4, -0.2) is 88.1 Å². The Hall–Kier alpha value is -0.650. The molecule has 21 heavy (non-hydrogen) atoms. The zero-order chi connectivity index (χ0) is 15.8. The molecule has 0 aromatic rings. The van der Waals surface area contributed by atoms with Crippen LogP contribution < -0.4 is 5.32 Å². The first-order chi connectivity index (χ1) is 9.91. The fourth-order valence-corrected chi connectivity index (χ4v) is 2.86. The quantitative estimate of drug-likeness (QED) is 0.676. The van der Waals surface area contributed by atoms with Crippen LogP contribution in [0.4, 0.5) is 0 Å². The van der Waals surface area contributed by atoms with Crippen molar-refractivity contribution in [2.24, 2.45) is 11.8 Å². The second-order valence-corrected chi connectivity index (χ2v) is 6.88. The zero-order valence-electron chi connectivity index (χ0n) is 14.6. The van der Waals surface area contributed by atoms with Crippen LogP contribution in [0.2, 0.25) is 0 Å². The largest absolute Gasteiger partial charge is 0.342 e. The van der Waals surface area contributed by atoms with Crippen LogP contribution in [0.5, 0.6) is 0 Å². The summed E-state index contributed by atoms with van der Waals surface area (Å²) in [6.07, 6.45) is 2.10. The van der Waals surface area contributed by atoms with E-state index in [1.54, 1.807) is 0 Å². The van der Waals surface area contributed by atoms with Crippen molar-refractivity contribution in [2.45, 2.75) is 19.8 Å². The van der Waals surface area contributed by atoms with Gasteiger partial charge in [0.05, 0.1) is 5.92 Å². The van der Waals surface area contributed by atoms with Gasteiger partial charge in [-0.2, -0.15) is 0 Å². The summed E-state index contributed by atoms with van der Waals surface area (Å²) >= 11 is 0. The molecule has 0 bridgehead atoms. The highest BCUT2D eigenvalue weighted by molar-refractivity contribution is 5.79. The third kappa shape index (κ3) is 6.76. The molecule has 1 saturated heterocycles. The molecule has 5 nitrogen and oxygen atoms in total. The molecular formula is C16H34N4O. The lowest BCUT2D eigenvalue weighted by Crippen LogP contribution is -2.41.